The molecule has 27 heavy (non-hydrogen) atoms. The van der Waals surface area contributed by atoms with Crippen LogP contribution in [0, 0.1) is 32.6 Å². The third-order valence-corrected chi connectivity index (χ3v) is 5.03. The normalized spacial score (nSPS) is 13.9. The van der Waals surface area contributed by atoms with Crippen LogP contribution >= 0.6 is 0 Å². The number of nitrogens with zero attached hydrogens (tertiary/aromatic N) is 2. The van der Waals surface area contributed by atoms with Gasteiger partial charge in [0.15, 0.2) is 0 Å². The van der Waals surface area contributed by atoms with Crippen molar-refractivity contribution < 1.29 is 9.59 Å². The Morgan fingerprint density at radius 2 is 1.52 bits per heavy atom. The summed E-state index contributed by atoms with van der Waals surface area (Å²) in [5.41, 5.74) is 8.63. The summed E-state index contributed by atoms with van der Waals surface area (Å²) in [6, 6.07) is 0. The summed E-state index contributed by atoms with van der Waals surface area (Å²) in [6.07, 6.45) is 2.58. The Labute approximate surface area is 158 Å². The molecular formula is C19H25N5O3. The fourth-order valence-corrected chi connectivity index (χ4v) is 3.11. The Hall–Kier alpha value is -3.00. The van der Waals surface area contributed by atoms with Crippen LogP contribution < -0.4 is 16.6 Å². The van der Waals surface area contributed by atoms with E-state index >= 15 is 0 Å². The summed E-state index contributed by atoms with van der Waals surface area (Å²) >= 11 is 0. The Bertz CT molecular complexity index is 842. The third kappa shape index (κ3) is 3.90. The lowest BCUT2D eigenvalue weighted by Crippen LogP contribution is -2.30. The van der Waals surface area contributed by atoms with Gasteiger partial charge in [-0.1, -0.05) is 5.18 Å². The van der Waals surface area contributed by atoms with Crippen LogP contribution in [0.25, 0.3) is 0 Å². The molecule has 0 heterocycles. The van der Waals surface area contributed by atoms with E-state index in [2.05, 4.69) is 15.9 Å². The quantitative estimate of drug-likeness (QED) is 0.291. The van der Waals surface area contributed by atoms with Gasteiger partial charge in [0.25, 0.3) is 0 Å². The highest BCUT2D eigenvalue weighted by Crippen LogP contribution is 2.34. The van der Waals surface area contributed by atoms with Crippen molar-refractivity contribution in [2.45, 2.75) is 27.7 Å². The van der Waals surface area contributed by atoms with Gasteiger partial charge in [0.1, 0.15) is 0 Å². The molecule has 0 saturated heterocycles. The number of nitrogens with one attached hydrogen (secondary N) is 2. The first-order valence-corrected chi connectivity index (χ1v) is 8.59. The minimum Gasteiger partial charge on any atom is -0.369 e. The molecule has 0 amide bonds. The number of nitrogen functional groups attached to an aromatic ring is 1. The molecule has 0 spiro atoms. The molecule has 144 valence electrons. The number of hydrogen-bond donors (Lipinski definition) is 3. The molecule has 0 atom stereocenters. The molecule has 1 aromatic rings. The predicted molar refractivity (Wildman–Crippen MR) is 106 cm³/mol. The van der Waals surface area contributed by atoms with E-state index in [9.17, 15) is 14.5 Å². The Kier molecular flexibility index (Phi) is 6.12. The molecular weight excluding hydrogens is 346 g/mol. The van der Waals surface area contributed by atoms with Gasteiger partial charge in [-0.25, -0.2) is 0 Å². The number of carbonyl (C=O) groups is 2. The molecule has 0 aromatic heterocycles. The monoisotopic (exact) mass is 371 g/mol. The number of carbonyl (C=O) groups excluding carboxylic acids is 2. The minimum absolute atomic E-state index is 0.0442. The topological polar surface area (TPSA) is 117 Å². The van der Waals surface area contributed by atoms with Crippen molar-refractivity contribution in [1.29, 1.82) is 0 Å². The highest BCUT2D eigenvalue weighted by Gasteiger charge is 2.24. The van der Waals surface area contributed by atoms with Gasteiger partial charge < -0.3 is 15.6 Å². The minimum atomic E-state index is -0.300. The molecule has 0 fully saturated rings. The van der Waals surface area contributed by atoms with Crippen molar-refractivity contribution in [2.24, 2.45) is 11.0 Å². The fraction of sp³-hybridized carbons (Fsp3) is 0.368. The molecule has 1 aliphatic carbocycles. The summed E-state index contributed by atoms with van der Waals surface area (Å²) in [5.74, 6) is 5.03. The molecule has 0 unspecified atom stereocenters. The van der Waals surface area contributed by atoms with Crippen LogP contribution in [0.1, 0.15) is 22.3 Å². The Morgan fingerprint density at radius 1 is 0.963 bits per heavy atom. The SMILES string of the molecule is Cc1c(C)c(NC2=CC(=O)C(N(C)CCN=O)=CC2=O)c(C)c(C)c1NN. The zero-order chi connectivity index (χ0) is 20.3. The third-order valence-electron chi connectivity index (χ3n) is 5.03. The average molecular weight is 371 g/mol. The maximum atomic E-state index is 12.5. The van der Waals surface area contributed by atoms with Crippen molar-refractivity contribution in [3.8, 4) is 0 Å². The number of ketones is 2. The zero-order valence-corrected chi connectivity index (χ0v) is 16.3. The van der Waals surface area contributed by atoms with E-state index in [1.165, 1.54) is 12.2 Å². The van der Waals surface area contributed by atoms with Crippen LogP contribution in [-0.2, 0) is 9.59 Å². The number of benzene rings is 1. The number of hydrazine groups is 1. The van der Waals surface area contributed by atoms with Gasteiger partial charge in [-0.2, -0.15) is 4.91 Å². The number of allylic oxidation sites excluding steroid dienone is 2. The largest absolute Gasteiger partial charge is 0.369 e. The van der Waals surface area contributed by atoms with Crippen LogP contribution in [0.5, 0.6) is 0 Å². The van der Waals surface area contributed by atoms with Crippen LogP contribution in [0.4, 0.5) is 11.4 Å². The first-order valence-electron chi connectivity index (χ1n) is 8.59. The molecule has 8 nitrogen and oxygen atoms in total. The number of likely N-dealkylation sites (N-methyl/N-ethyl adjacent to an activating group) is 1. The van der Waals surface area contributed by atoms with Crippen molar-refractivity contribution >= 4 is 22.9 Å². The zero-order valence-electron chi connectivity index (χ0n) is 16.3. The highest BCUT2D eigenvalue weighted by atomic mass is 16.3. The van der Waals surface area contributed by atoms with E-state index in [1.54, 1.807) is 11.9 Å². The molecule has 1 aliphatic rings. The Balaban J connectivity index is 2.34. The maximum absolute atomic E-state index is 12.5. The van der Waals surface area contributed by atoms with Crippen LogP contribution in [0.2, 0.25) is 0 Å². The van der Waals surface area contributed by atoms with Crippen molar-refractivity contribution in [3.63, 3.8) is 0 Å². The van der Waals surface area contributed by atoms with Gasteiger partial charge in [0.2, 0.25) is 11.6 Å². The van der Waals surface area contributed by atoms with Gasteiger partial charge in [0, 0.05) is 31.4 Å². The van der Waals surface area contributed by atoms with Gasteiger partial charge in [0.05, 0.1) is 23.6 Å². The molecule has 0 radical (unpaired) electrons. The van der Waals surface area contributed by atoms with Gasteiger partial charge in [-0.05, 0) is 49.9 Å². The van der Waals surface area contributed by atoms with E-state index in [-0.39, 0.29) is 36.1 Å². The summed E-state index contributed by atoms with van der Waals surface area (Å²) in [4.78, 5) is 36.8. The van der Waals surface area contributed by atoms with Gasteiger partial charge in [-0.3, -0.25) is 15.4 Å². The van der Waals surface area contributed by atoms with Crippen molar-refractivity contribution in [3.05, 3.63) is 50.7 Å². The molecule has 0 aliphatic heterocycles. The van der Waals surface area contributed by atoms with Crippen LogP contribution in [0.15, 0.2) is 28.7 Å². The number of anilines is 2. The molecule has 4 N–H and O–H groups in total. The second-order valence-corrected chi connectivity index (χ2v) is 6.61. The highest BCUT2D eigenvalue weighted by molar-refractivity contribution is 6.20. The van der Waals surface area contributed by atoms with Crippen LogP contribution in [0.3, 0.4) is 0 Å². The van der Waals surface area contributed by atoms with Gasteiger partial charge in [-0.15, -0.1) is 0 Å². The van der Waals surface area contributed by atoms with E-state index in [0.717, 1.165) is 33.6 Å². The molecule has 2 rings (SSSR count). The van der Waals surface area contributed by atoms with E-state index in [1.807, 2.05) is 27.7 Å². The fourth-order valence-electron chi connectivity index (χ4n) is 3.11. The number of nitroso groups, excluding NO2 is 1. The Morgan fingerprint density at radius 3 is 2.04 bits per heavy atom. The van der Waals surface area contributed by atoms with E-state index in [4.69, 9.17) is 5.84 Å². The summed E-state index contributed by atoms with van der Waals surface area (Å²) in [6.45, 7) is 8.07. The maximum Gasteiger partial charge on any atom is 0.204 e. The summed E-state index contributed by atoms with van der Waals surface area (Å²) in [7, 11) is 1.65. The lowest BCUT2D eigenvalue weighted by atomic mass is 9.95. The molecule has 1 aromatic carbocycles. The van der Waals surface area contributed by atoms with Crippen LogP contribution in [-0.4, -0.2) is 36.6 Å². The smallest absolute Gasteiger partial charge is 0.204 e. The molecule has 8 heteroatoms. The number of hydrogen-bond acceptors (Lipinski definition) is 8. The van der Waals surface area contributed by atoms with Gasteiger partial charge >= 0.3 is 0 Å². The second kappa shape index (κ2) is 8.13. The number of rotatable bonds is 7. The second-order valence-electron chi connectivity index (χ2n) is 6.61. The summed E-state index contributed by atoms with van der Waals surface area (Å²) in [5, 5.41) is 5.90. The van der Waals surface area contributed by atoms with Crippen molar-refractivity contribution in [2.75, 3.05) is 30.9 Å². The average Bonchev–Trinajstić information content (AvgIpc) is 2.64. The molecule has 0 bridgehead atoms. The van der Waals surface area contributed by atoms with E-state index in [0.29, 0.717) is 0 Å². The molecule has 0 saturated carbocycles. The predicted octanol–water partition coefficient (Wildman–Crippen LogP) is 2.24. The van der Waals surface area contributed by atoms with Crippen molar-refractivity contribution in [1.82, 2.24) is 4.90 Å². The first kappa shape index (κ1) is 20.3. The lowest BCUT2D eigenvalue weighted by Gasteiger charge is -2.24. The standard InChI is InChI=1S/C19H25N5O3/c1-10-12(3)19(23-20)13(4)11(2)18(10)22-14-8-17(26)15(9-16(14)25)24(5)7-6-21-27/h8-9,22-23H,6-7,20H2,1-5H3. The lowest BCUT2D eigenvalue weighted by molar-refractivity contribution is -0.116. The number of nitrogens with two attached hydrogens (primary N) is 1. The summed E-state index contributed by atoms with van der Waals surface area (Å²) < 4.78 is 0. The van der Waals surface area contributed by atoms with E-state index < -0.39 is 0 Å². The first-order chi connectivity index (χ1) is 12.7.